The van der Waals surface area contributed by atoms with Crippen LogP contribution in [0.5, 0.6) is 0 Å². The first-order valence-electron chi connectivity index (χ1n) is 12.3. The van der Waals surface area contributed by atoms with E-state index < -0.39 is 0 Å². The zero-order valence-electron chi connectivity index (χ0n) is 20.6. The number of hydrogen-bond donors (Lipinski definition) is 1. The van der Waals surface area contributed by atoms with Gasteiger partial charge in [0.25, 0.3) is 11.8 Å². The van der Waals surface area contributed by atoms with E-state index >= 15 is 0 Å². The number of nitrogens with one attached hydrogen (secondary N) is 1. The molecular weight excluding hydrogens is 478 g/mol. The molecule has 182 valence electrons. The van der Waals surface area contributed by atoms with Gasteiger partial charge >= 0.3 is 0 Å². The molecule has 1 aliphatic rings. The van der Waals surface area contributed by atoms with Crippen LogP contribution in [-0.2, 0) is 6.42 Å². The van der Waals surface area contributed by atoms with Crippen molar-refractivity contribution in [2.45, 2.75) is 20.3 Å². The lowest BCUT2D eigenvalue weighted by atomic mass is 10.1. The van der Waals surface area contributed by atoms with Gasteiger partial charge in [0, 0.05) is 33.8 Å². The van der Waals surface area contributed by atoms with Crippen molar-refractivity contribution < 1.29 is 9.59 Å². The van der Waals surface area contributed by atoms with E-state index in [0.717, 1.165) is 50.1 Å². The second-order valence-corrected chi connectivity index (χ2v) is 10.6. The third-order valence-corrected chi connectivity index (χ3v) is 7.71. The molecular formula is C31H25N3O2S. The molecule has 0 unspecified atom stereocenters. The third kappa shape index (κ3) is 4.41. The molecule has 37 heavy (non-hydrogen) atoms. The Balaban J connectivity index is 1.22. The number of hydrogen-bond acceptors (Lipinski definition) is 4. The Labute approximate surface area is 219 Å². The first-order valence-corrected chi connectivity index (χ1v) is 13.1. The molecule has 0 bridgehead atoms. The summed E-state index contributed by atoms with van der Waals surface area (Å²) in [6.07, 6.45) is 0.801. The second-order valence-electron chi connectivity index (χ2n) is 9.36. The van der Waals surface area contributed by atoms with Crippen LogP contribution in [0.4, 0.5) is 10.8 Å². The van der Waals surface area contributed by atoms with Crippen LogP contribution in [-0.4, -0.2) is 23.3 Å². The fraction of sp³-hybridized carbons (Fsp3) is 0.129. The maximum atomic E-state index is 13.1. The fourth-order valence-electron chi connectivity index (χ4n) is 4.83. The number of benzene rings is 4. The molecule has 5 nitrogen and oxygen atoms in total. The third-order valence-electron chi connectivity index (χ3n) is 6.82. The highest BCUT2D eigenvalue weighted by Gasteiger charge is 2.26. The summed E-state index contributed by atoms with van der Waals surface area (Å²) in [5, 5.41) is 5.66. The quantitative estimate of drug-likeness (QED) is 0.286. The van der Waals surface area contributed by atoms with Gasteiger partial charge in [0.05, 0.1) is 5.69 Å². The maximum absolute atomic E-state index is 13.1. The van der Waals surface area contributed by atoms with E-state index in [9.17, 15) is 9.59 Å². The molecule has 0 radical (unpaired) electrons. The predicted molar refractivity (Wildman–Crippen MR) is 151 cm³/mol. The Hall–Kier alpha value is -4.29. The summed E-state index contributed by atoms with van der Waals surface area (Å²) in [7, 11) is 0. The summed E-state index contributed by atoms with van der Waals surface area (Å²) in [6.45, 7) is 4.69. The number of thiazole rings is 1. The number of aryl methyl sites for hydroxylation is 2. The molecule has 0 spiro atoms. The number of anilines is 2. The molecule has 0 saturated heterocycles. The summed E-state index contributed by atoms with van der Waals surface area (Å²) in [6, 6.07) is 27.5. The Morgan fingerprint density at radius 2 is 1.62 bits per heavy atom. The highest BCUT2D eigenvalue weighted by atomic mass is 32.1. The van der Waals surface area contributed by atoms with Gasteiger partial charge in [0.2, 0.25) is 0 Å². The monoisotopic (exact) mass is 503 g/mol. The number of nitrogens with zero attached hydrogens (tertiary/aromatic N) is 2. The molecule has 6 rings (SSSR count). The largest absolute Gasteiger partial charge is 0.308 e. The van der Waals surface area contributed by atoms with Gasteiger partial charge in [-0.3, -0.25) is 14.9 Å². The minimum absolute atomic E-state index is 0.0232. The van der Waals surface area contributed by atoms with Gasteiger partial charge in [-0.1, -0.05) is 54.1 Å². The summed E-state index contributed by atoms with van der Waals surface area (Å²) in [5.41, 5.74) is 6.36. The van der Waals surface area contributed by atoms with E-state index in [0.29, 0.717) is 22.8 Å². The molecule has 0 fully saturated rings. The number of amides is 2. The van der Waals surface area contributed by atoms with Crippen LogP contribution >= 0.6 is 11.3 Å². The van der Waals surface area contributed by atoms with E-state index in [4.69, 9.17) is 4.98 Å². The Morgan fingerprint density at radius 3 is 2.43 bits per heavy atom. The maximum Gasteiger partial charge on any atom is 0.258 e. The van der Waals surface area contributed by atoms with E-state index in [1.54, 1.807) is 0 Å². The lowest BCUT2D eigenvalue weighted by Gasteiger charge is -2.17. The van der Waals surface area contributed by atoms with Crippen molar-refractivity contribution in [2.24, 2.45) is 0 Å². The van der Waals surface area contributed by atoms with Gasteiger partial charge in [0.1, 0.15) is 0 Å². The second kappa shape index (κ2) is 9.30. The first-order chi connectivity index (χ1) is 18.0. The highest BCUT2D eigenvalue weighted by Crippen LogP contribution is 2.36. The van der Waals surface area contributed by atoms with Gasteiger partial charge in [0.15, 0.2) is 5.13 Å². The van der Waals surface area contributed by atoms with Gasteiger partial charge in [-0.05, 0) is 73.0 Å². The molecule has 2 amide bonds. The van der Waals surface area contributed by atoms with Crippen molar-refractivity contribution in [3.63, 3.8) is 0 Å². The van der Waals surface area contributed by atoms with Crippen LogP contribution in [0.15, 0.2) is 84.9 Å². The minimum Gasteiger partial charge on any atom is -0.308 e. The zero-order chi connectivity index (χ0) is 25.5. The highest BCUT2D eigenvalue weighted by molar-refractivity contribution is 7.16. The number of rotatable bonds is 4. The van der Waals surface area contributed by atoms with Crippen LogP contribution in [0.3, 0.4) is 0 Å². The van der Waals surface area contributed by atoms with E-state index in [1.165, 1.54) is 11.3 Å². The molecule has 6 heteroatoms. The number of aromatic nitrogens is 1. The number of carbonyl (C=O) groups excluding carboxylic acids is 2. The van der Waals surface area contributed by atoms with Crippen molar-refractivity contribution in [2.75, 3.05) is 16.8 Å². The molecule has 1 aliphatic heterocycles. The van der Waals surface area contributed by atoms with Crippen molar-refractivity contribution in [3.8, 4) is 11.3 Å². The Morgan fingerprint density at radius 1 is 0.865 bits per heavy atom. The SMILES string of the molecule is Cc1ccc(C(=O)N2CCc3cc(-c4nc(NC(=O)c5ccc6ccccc6c5)sc4C)ccc32)cc1. The molecule has 1 aromatic heterocycles. The van der Waals surface area contributed by atoms with Gasteiger partial charge in [-0.25, -0.2) is 4.98 Å². The van der Waals surface area contributed by atoms with Crippen molar-refractivity contribution in [3.05, 3.63) is 112 Å². The van der Waals surface area contributed by atoms with E-state index in [1.807, 2.05) is 97.6 Å². The normalized spacial score (nSPS) is 12.5. The van der Waals surface area contributed by atoms with Crippen LogP contribution < -0.4 is 10.2 Å². The molecule has 0 aliphatic carbocycles. The Bertz CT molecular complexity index is 1670. The van der Waals surface area contributed by atoms with Crippen LogP contribution in [0.1, 0.15) is 36.7 Å². The smallest absolute Gasteiger partial charge is 0.258 e. The summed E-state index contributed by atoms with van der Waals surface area (Å²) < 4.78 is 0. The summed E-state index contributed by atoms with van der Waals surface area (Å²) >= 11 is 1.47. The van der Waals surface area contributed by atoms with Crippen molar-refractivity contribution >= 4 is 44.7 Å². The van der Waals surface area contributed by atoms with Crippen molar-refractivity contribution in [1.82, 2.24) is 4.98 Å². The number of carbonyl (C=O) groups is 2. The van der Waals surface area contributed by atoms with E-state index in [2.05, 4.69) is 11.4 Å². The lowest BCUT2D eigenvalue weighted by molar-refractivity contribution is 0.0987. The van der Waals surface area contributed by atoms with E-state index in [-0.39, 0.29) is 11.8 Å². The average Bonchev–Trinajstić information content (AvgIpc) is 3.50. The van der Waals surface area contributed by atoms with Crippen LogP contribution in [0, 0.1) is 13.8 Å². The molecule has 0 atom stereocenters. The average molecular weight is 504 g/mol. The standard InChI is InChI=1S/C31H25N3O2S/c1-19-7-9-22(10-8-19)30(36)34-16-15-24-18-25(13-14-27(24)34)28-20(2)37-31(32-28)33-29(35)26-12-11-21-5-3-4-6-23(21)17-26/h3-14,17-18H,15-16H2,1-2H3,(H,32,33,35). The van der Waals surface area contributed by atoms with Gasteiger partial charge in [-0.15, -0.1) is 11.3 Å². The molecule has 5 aromatic rings. The van der Waals surface area contributed by atoms with Gasteiger partial charge in [-0.2, -0.15) is 0 Å². The summed E-state index contributed by atoms with van der Waals surface area (Å²) in [5.74, 6) is -0.153. The van der Waals surface area contributed by atoms with Crippen LogP contribution in [0.25, 0.3) is 22.0 Å². The van der Waals surface area contributed by atoms with Crippen LogP contribution in [0.2, 0.25) is 0 Å². The lowest BCUT2D eigenvalue weighted by Crippen LogP contribution is -2.28. The molecule has 2 heterocycles. The Kier molecular flexibility index (Phi) is 5.81. The number of fused-ring (bicyclic) bond motifs is 2. The topological polar surface area (TPSA) is 62.3 Å². The first kappa shape index (κ1) is 23.1. The zero-order valence-corrected chi connectivity index (χ0v) is 21.4. The molecule has 1 N–H and O–H groups in total. The van der Waals surface area contributed by atoms with Crippen molar-refractivity contribution in [1.29, 1.82) is 0 Å². The minimum atomic E-state index is -0.176. The molecule has 4 aromatic carbocycles. The predicted octanol–water partition coefficient (Wildman–Crippen LogP) is 7.04. The molecule has 0 saturated carbocycles. The fourth-order valence-corrected chi connectivity index (χ4v) is 5.66. The van der Waals surface area contributed by atoms with Gasteiger partial charge < -0.3 is 4.90 Å². The summed E-state index contributed by atoms with van der Waals surface area (Å²) in [4.78, 5) is 33.7.